The van der Waals surface area contributed by atoms with Crippen LogP contribution < -0.4 is 0 Å². The number of aryl methyl sites for hydroxylation is 2. The van der Waals surface area contributed by atoms with Gasteiger partial charge >= 0.3 is 12.4 Å². The van der Waals surface area contributed by atoms with Crippen LogP contribution in [0.5, 0.6) is 0 Å². The fourth-order valence-electron chi connectivity index (χ4n) is 4.10. The van der Waals surface area contributed by atoms with Crippen molar-refractivity contribution in [3.05, 3.63) is 99.8 Å². The molecule has 4 rings (SSSR count). The van der Waals surface area contributed by atoms with Crippen molar-refractivity contribution < 1.29 is 26.3 Å². The van der Waals surface area contributed by atoms with E-state index in [4.69, 9.17) is 0 Å². The second-order valence-electron chi connectivity index (χ2n) is 8.07. The Hall–Kier alpha value is -3.14. The first-order valence-electron chi connectivity index (χ1n) is 10.4. The first-order valence-corrected chi connectivity index (χ1v) is 11.1. The molecular weight excluding hydrogens is 536 g/mol. The molecule has 3 nitrogen and oxygen atoms in total. The largest absolute Gasteiger partial charge is 0.411 e. The highest BCUT2D eigenvalue weighted by molar-refractivity contribution is 9.10. The van der Waals surface area contributed by atoms with E-state index in [0.29, 0.717) is 22.6 Å². The highest BCUT2D eigenvalue weighted by Gasteiger charge is 2.72. The molecule has 0 amide bonds. The first kappa shape index (κ1) is 25.0. The third-order valence-electron chi connectivity index (χ3n) is 5.82. The Balaban J connectivity index is 1.88. The molecule has 3 aromatic carbocycles. The molecule has 0 aliphatic heterocycles. The van der Waals surface area contributed by atoms with Crippen LogP contribution in [0.4, 0.5) is 26.3 Å². The van der Waals surface area contributed by atoms with Gasteiger partial charge in [0.25, 0.3) is 0 Å². The lowest BCUT2D eigenvalue weighted by Gasteiger charge is -2.38. The zero-order valence-electron chi connectivity index (χ0n) is 18.4. The standard InChI is InChI=1S/C25H18BrF6N3/c1-15-3-7-18(8-4-15)23(24(27,28)29,25(30,31)32)19-9-5-17(6-10-19)22-34-33-16(2)35(22)21-13-11-20(26)12-14-21/h3-14H,1-2H3. The van der Waals surface area contributed by atoms with Crippen molar-refractivity contribution in [2.45, 2.75) is 31.6 Å². The van der Waals surface area contributed by atoms with Crippen LogP contribution in [0.2, 0.25) is 0 Å². The average molecular weight is 554 g/mol. The average Bonchev–Trinajstić information content (AvgIpc) is 3.16. The number of halogens is 7. The summed E-state index contributed by atoms with van der Waals surface area (Å²) in [4.78, 5) is 0. The summed E-state index contributed by atoms with van der Waals surface area (Å²) in [6.45, 7) is 3.29. The van der Waals surface area contributed by atoms with Crippen LogP contribution in [0.3, 0.4) is 0 Å². The molecule has 35 heavy (non-hydrogen) atoms. The molecule has 4 aromatic rings. The van der Waals surface area contributed by atoms with Gasteiger partial charge in [0, 0.05) is 15.7 Å². The molecule has 0 aliphatic carbocycles. The van der Waals surface area contributed by atoms with E-state index in [1.165, 1.54) is 24.3 Å². The topological polar surface area (TPSA) is 30.7 Å². The van der Waals surface area contributed by atoms with Gasteiger partial charge in [-0.05, 0) is 49.2 Å². The summed E-state index contributed by atoms with van der Waals surface area (Å²) in [5.74, 6) is 0.794. The number of benzene rings is 3. The summed E-state index contributed by atoms with van der Waals surface area (Å²) in [7, 11) is 0. The minimum absolute atomic E-state index is 0.288. The molecule has 0 radical (unpaired) electrons. The quantitative estimate of drug-likeness (QED) is 0.242. The van der Waals surface area contributed by atoms with Crippen molar-refractivity contribution >= 4 is 15.9 Å². The molecule has 0 atom stereocenters. The monoisotopic (exact) mass is 553 g/mol. The maximum absolute atomic E-state index is 14.3. The van der Waals surface area contributed by atoms with Crippen molar-refractivity contribution in [3.8, 4) is 17.1 Å². The van der Waals surface area contributed by atoms with Gasteiger partial charge in [-0.2, -0.15) is 26.3 Å². The summed E-state index contributed by atoms with van der Waals surface area (Å²) in [6, 6.07) is 15.5. The maximum Gasteiger partial charge on any atom is 0.411 e. The molecule has 0 N–H and O–H groups in total. The number of aromatic nitrogens is 3. The number of hydrogen-bond donors (Lipinski definition) is 0. The van der Waals surface area contributed by atoms with Crippen molar-refractivity contribution in [2.24, 2.45) is 0 Å². The molecule has 0 fully saturated rings. The molecule has 0 saturated carbocycles. The molecule has 0 unspecified atom stereocenters. The summed E-state index contributed by atoms with van der Waals surface area (Å²) in [6.07, 6.45) is -11.3. The van der Waals surface area contributed by atoms with Gasteiger partial charge in [-0.25, -0.2) is 0 Å². The van der Waals surface area contributed by atoms with E-state index in [2.05, 4.69) is 26.1 Å². The highest BCUT2D eigenvalue weighted by atomic mass is 79.9. The zero-order valence-corrected chi connectivity index (χ0v) is 20.0. The van der Waals surface area contributed by atoms with E-state index in [-0.39, 0.29) is 5.82 Å². The Morgan fingerprint density at radius 3 is 1.63 bits per heavy atom. The minimum atomic E-state index is -5.64. The smallest absolute Gasteiger partial charge is 0.279 e. The number of nitrogens with zero attached hydrogens (tertiary/aromatic N) is 3. The number of hydrogen-bond acceptors (Lipinski definition) is 2. The fraction of sp³-hybridized carbons (Fsp3) is 0.200. The zero-order chi connectivity index (χ0) is 25.6. The van der Waals surface area contributed by atoms with Crippen molar-refractivity contribution in [1.29, 1.82) is 0 Å². The van der Waals surface area contributed by atoms with Gasteiger partial charge in [-0.15, -0.1) is 10.2 Å². The van der Waals surface area contributed by atoms with Crippen LogP contribution in [0, 0.1) is 13.8 Å². The van der Waals surface area contributed by atoms with Gasteiger partial charge in [0.1, 0.15) is 5.82 Å². The summed E-state index contributed by atoms with van der Waals surface area (Å²) in [5.41, 5.74) is -4.47. The van der Waals surface area contributed by atoms with E-state index in [0.717, 1.165) is 28.7 Å². The van der Waals surface area contributed by atoms with Crippen molar-refractivity contribution in [1.82, 2.24) is 14.8 Å². The Bertz CT molecular complexity index is 1310. The summed E-state index contributed by atoms with van der Waals surface area (Å²) < 4.78 is 88.5. The lowest BCUT2D eigenvalue weighted by Crippen LogP contribution is -2.54. The molecule has 0 saturated heterocycles. The Morgan fingerprint density at radius 2 is 1.14 bits per heavy atom. The molecule has 182 valence electrons. The Kier molecular flexibility index (Phi) is 6.29. The minimum Gasteiger partial charge on any atom is -0.279 e. The van der Waals surface area contributed by atoms with Crippen molar-refractivity contribution in [3.63, 3.8) is 0 Å². The van der Waals surface area contributed by atoms with Crippen LogP contribution >= 0.6 is 15.9 Å². The molecule has 0 spiro atoms. The lowest BCUT2D eigenvalue weighted by molar-refractivity contribution is -0.288. The van der Waals surface area contributed by atoms with E-state index in [1.54, 1.807) is 42.7 Å². The molecular formula is C25H18BrF6N3. The Morgan fingerprint density at radius 1 is 0.657 bits per heavy atom. The van der Waals surface area contributed by atoms with Gasteiger partial charge < -0.3 is 0 Å². The molecule has 0 aliphatic rings. The van der Waals surface area contributed by atoms with E-state index in [1.807, 2.05) is 0 Å². The van der Waals surface area contributed by atoms with Gasteiger partial charge in [0.2, 0.25) is 5.41 Å². The molecule has 1 aromatic heterocycles. The van der Waals surface area contributed by atoms with Crippen LogP contribution in [0.15, 0.2) is 77.3 Å². The SMILES string of the molecule is Cc1ccc(C(c2ccc(-c3nnc(C)n3-c3ccc(Br)cc3)cc2)(C(F)(F)F)C(F)(F)F)cc1. The van der Waals surface area contributed by atoms with E-state index >= 15 is 0 Å². The number of alkyl halides is 6. The second kappa shape index (κ2) is 8.82. The maximum atomic E-state index is 14.3. The van der Waals surface area contributed by atoms with Crippen LogP contribution in [-0.4, -0.2) is 27.1 Å². The molecule has 1 heterocycles. The highest BCUT2D eigenvalue weighted by Crippen LogP contribution is 2.56. The molecule has 10 heteroatoms. The lowest BCUT2D eigenvalue weighted by atomic mass is 9.72. The van der Waals surface area contributed by atoms with Gasteiger partial charge in [-0.3, -0.25) is 4.57 Å². The Labute approximate surface area is 205 Å². The number of rotatable bonds is 4. The predicted molar refractivity (Wildman–Crippen MR) is 123 cm³/mol. The van der Waals surface area contributed by atoms with Gasteiger partial charge in [-0.1, -0.05) is 70.0 Å². The van der Waals surface area contributed by atoms with Gasteiger partial charge in [0.15, 0.2) is 5.82 Å². The summed E-state index contributed by atoms with van der Waals surface area (Å²) in [5, 5.41) is 8.14. The van der Waals surface area contributed by atoms with Crippen molar-refractivity contribution in [2.75, 3.05) is 0 Å². The fourth-order valence-corrected chi connectivity index (χ4v) is 4.37. The summed E-state index contributed by atoms with van der Waals surface area (Å²) >= 11 is 3.35. The second-order valence-corrected chi connectivity index (χ2v) is 8.99. The third kappa shape index (κ3) is 4.24. The molecule has 0 bridgehead atoms. The van der Waals surface area contributed by atoms with Gasteiger partial charge in [0.05, 0.1) is 0 Å². The normalized spacial score (nSPS) is 12.7. The first-order chi connectivity index (χ1) is 16.4. The van der Waals surface area contributed by atoms with Crippen LogP contribution in [-0.2, 0) is 5.41 Å². The van der Waals surface area contributed by atoms with Crippen LogP contribution in [0.25, 0.3) is 17.1 Å². The van der Waals surface area contributed by atoms with E-state index < -0.39 is 28.9 Å². The van der Waals surface area contributed by atoms with Crippen LogP contribution in [0.1, 0.15) is 22.5 Å². The third-order valence-corrected chi connectivity index (χ3v) is 6.35. The van der Waals surface area contributed by atoms with E-state index in [9.17, 15) is 26.3 Å². The predicted octanol–water partition coefficient (Wildman–Crippen LogP) is 7.72.